The zero-order valence-corrected chi connectivity index (χ0v) is 14.5. The minimum atomic E-state index is -0.648. The van der Waals surface area contributed by atoms with Crippen LogP contribution in [0.1, 0.15) is 36.5 Å². The molecule has 8 nitrogen and oxygen atoms in total. The largest absolute Gasteiger partial charge is 0.350 e. The van der Waals surface area contributed by atoms with E-state index in [9.17, 15) is 9.59 Å². The maximum atomic E-state index is 12.5. The first-order valence-electron chi connectivity index (χ1n) is 7.97. The number of imidazole rings is 1. The molecule has 0 aliphatic heterocycles. The lowest BCUT2D eigenvalue weighted by Gasteiger charge is -2.17. The van der Waals surface area contributed by atoms with Crippen LogP contribution in [-0.4, -0.2) is 37.6 Å². The Balaban J connectivity index is 2.04. The Morgan fingerprint density at radius 1 is 1.38 bits per heavy atom. The predicted octanol–water partition coefficient (Wildman–Crippen LogP) is 0.607. The number of H-pyrrole nitrogens is 1. The smallest absolute Gasteiger partial charge is 0.243 e. The number of aryl methyl sites for hydroxylation is 2. The van der Waals surface area contributed by atoms with Crippen LogP contribution in [-0.2, 0) is 29.1 Å². The lowest BCUT2D eigenvalue weighted by molar-refractivity contribution is -0.128. The summed E-state index contributed by atoms with van der Waals surface area (Å²) in [4.78, 5) is 30.7. The Morgan fingerprint density at radius 2 is 2.12 bits per heavy atom. The van der Waals surface area contributed by atoms with Crippen molar-refractivity contribution in [3.05, 3.63) is 35.2 Å². The summed E-state index contributed by atoms with van der Waals surface area (Å²) in [6, 6.07) is -0.648. The van der Waals surface area contributed by atoms with Crippen LogP contribution in [0.3, 0.4) is 0 Å². The third-order valence-corrected chi connectivity index (χ3v) is 3.94. The van der Waals surface area contributed by atoms with Crippen molar-refractivity contribution in [1.82, 2.24) is 30.4 Å². The van der Waals surface area contributed by atoms with Gasteiger partial charge in [0.25, 0.3) is 0 Å². The molecule has 2 amide bonds. The SMILES string of the molecule is CCn1nc(C)c(CNC(=O)[C@H](Cc2cnc[nH]2)NC(C)=O)c1C. The summed E-state index contributed by atoms with van der Waals surface area (Å²) in [6.07, 6.45) is 3.54. The molecule has 2 aromatic rings. The van der Waals surface area contributed by atoms with Crippen LogP contribution in [0.5, 0.6) is 0 Å². The van der Waals surface area contributed by atoms with Crippen LogP contribution in [0.4, 0.5) is 0 Å². The summed E-state index contributed by atoms with van der Waals surface area (Å²) >= 11 is 0. The molecule has 2 heterocycles. The Labute approximate surface area is 141 Å². The topological polar surface area (TPSA) is 105 Å². The molecule has 0 saturated heterocycles. The molecular weight excluding hydrogens is 308 g/mol. The molecular formula is C16H24N6O2. The van der Waals surface area contributed by atoms with Gasteiger partial charge in [-0.3, -0.25) is 14.3 Å². The zero-order chi connectivity index (χ0) is 17.7. The molecule has 0 saturated carbocycles. The van der Waals surface area contributed by atoms with Gasteiger partial charge >= 0.3 is 0 Å². The van der Waals surface area contributed by atoms with Gasteiger partial charge in [-0.15, -0.1) is 0 Å². The third kappa shape index (κ3) is 4.21. The molecule has 2 aromatic heterocycles. The molecule has 0 spiro atoms. The minimum absolute atomic E-state index is 0.233. The molecule has 8 heteroatoms. The van der Waals surface area contributed by atoms with Crippen molar-refractivity contribution >= 4 is 11.8 Å². The summed E-state index contributed by atoms with van der Waals surface area (Å²) in [5.41, 5.74) is 3.74. The fourth-order valence-electron chi connectivity index (χ4n) is 2.67. The summed E-state index contributed by atoms with van der Waals surface area (Å²) in [6.45, 7) is 8.51. The Bertz CT molecular complexity index is 704. The molecule has 0 aliphatic carbocycles. The molecule has 0 aliphatic rings. The van der Waals surface area contributed by atoms with Gasteiger partial charge in [-0.05, 0) is 20.8 Å². The average molecular weight is 332 g/mol. The van der Waals surface area contributed by atoms with E-state index in [-0.39, 0.29) is 11.8 Å². The molecule has 24 heavy (non-hydrogen) atoms. The summed E-state index contributed by atoms with van der Waals surface area (Å²) in [5.74, 6) is -0.483. The normalized spacial score (nSPS) is 12.0. The molecule has 0 radical (unpaired) electrons. The standard InChI is InChI=1S/C16H24N6O2/c1-5-22-11(3)14(10(2)21-22)8-18-16(24)15(20-12(4)23)6-13-7-17-9-19-13/h7,9,15H,5-6,8H2,1-4H3,(H,17,19)(H,18,24)(H,20,23)/t15-/m0/s1. The van der Waals surface area contributed by atoms with Crippen LogP contribution in [0.15, 0.2) is 12.5 Å². The van der Waals surface area contributed by atoms with Gasteiger partial charge in [0.1, 0.15) is 6.04 Å². The van der Waals surface area contributed by atoms with Crippen molar-refractivity contribution < 1.29 is 9.59 Å². The van der Waals surface area contributed by atoms with Gasteiger partial charge in [0, 0.05) is 49.6 Å². The number of nitrogens with zero attached hydrogens (tertiary/aromatic N) is 3. The van der Waals surface area contributed by atoms with E-state index in [0.717, 1.165) is 29.2 Å². The zero-order valence-electron chi connectivity index (χ0n) is 14.5. The van der Waals surface area contributed by atoms with E-state index in [4.69, 9.17) is 0 Å². The second-order valence-electron chi connectivity index (χ2n) is 5.72. The van der Waals surface area contributed by atoms with Gasteiger partial charge in [-0.25, -0.2) is 4.98 Å². The van der Waals surface area contributed by atoms with Crippen molar-refractivity contribution in [3.63, 3.8) is 0 Å². The molecule has 1 atom stereocenters. The number of aromatic nitrogens is 4. The number of carbonyl (C=O) groups excluding carboxylic acids is 2. The highest BCUT2D eigenvalue weighted by atomic mass is 16.2. The van der Waals surface area contributed by atoms with Crippen molar-refractivity contribution in [3.8, 4) is 0 Å². The fourth-order valence-corrected chi connectivity index (χ4v) is 2.67. The first-order chi connectivity index (χ1) is 11.4. The molecule has 0 aromatic carbocycles. The monoisotopic (exact) mass is 332 g/mol. The van der Waals surface area contributed by atoms with Gasteiger partial charge < -0.3 is 15.6 Å². The summed E-state index contributed by atoms with van der Waals surface area (Å²) in [5, 5.41) is 10.0. The van der Waals surface area contributed by atoms with E-state index in [2.05, 4.69) is 25.7 Å². The predicted molar refractivity (Wildman–Crippen MR) is 89.1 cm³/mol. The van der Waals surface area contributed by atoms with E-state index in [1.807, 2.05) is 25.5 Å². The van der Waals surface area contributed by atoms with Gasteiger partial charge in [-0.2, -0.15) is 5.10 Å². The van der Waals surface area contributed by atoms with Crippen LogP contribution in [0.2, 0.25) is 0 Å². The quantitative estimate of drug-likeness (QED) is 0.691. The lowest BCUT2D eigenvalue weighted by Crippen LogP contribution is -2.47. The number of rotatable bonds is 7. The highest BCUT2D eigenvalue weighted by Gasteiger charge is 2.21. The van der Waals surface area contributed by atoms with E-state index < -0.39 is 6.04 Å². The number of amides is 2. The van der Waals surface area contributed by atoms with Crippen LogP contribution in [0.25, 0.3) is 0 Å². The summed E-state index contributed by atoms with van der Waals surface area (Å²) < 4.78 is 1.91. The van der Waals surface area contributed by atoms with Gasteiger partial charge in [0.05, 0.1) is 12.0 Å². The van der Waals surface area contributed by atoms with Crippen molar-refractivity contribution in [1.29, 1.82) is 0 Å². The summed E-state index contributed by atoms with van der Waals surface area (Å²) in [7, 11) is 0. The highest BCUT2D eigenvalue weighted by Crippen LogP contribution is 2.12. The Kier molecular flexibility index (Phi) is 5.73. The van der Waals surface area contributed by atoms with Crippen molar-refractivity contribution in [2.24, 2.45) is 0 Å². The third-order valence-electron chi connectivity index (χ3n) is 3.94. The molecule has 130 valence electrons. The maximum absolute atomic E-state index is 12.5. The van der Waals surface area contributed by atoms with Crippen LogP contribution in [0, 0.1) is 13.8 Å². The number of hydrogen-bond donors (Lipinski definition) is 3. The number of nitrogens with one attached hydrogen (secondary N) is 3. The Morgan fingerprint density at radius 3 is 2.67 bits per heavy atom. The van der Waals surface area contributed by atoms with E-state index in [0.29, 0.717) is 13.0 Å². The maximum Gasteiger partial charge on any atom is 0.243 e. The number of hydrogen-bond acceptors (Lipinski definition) is 4. The van der Waals surface area contributed by atoms with Crippen LogP contribution < -0.4 is 10.6 Å². The number of carbonyl (C=O) groups is 2. The molecule has 0 bridgehead atoms. The molecule has 2 rings (SSSR count). The van der Waals surface area contributed by atoms with Gasteiger partial charge in [-0.1, -0.05) is 0 Å². The first kappa shape index (κ1) is 17.7. The highest BCUT2D eigenvalue weighted by molar-refractivity contribution is 5.87. The second kappa shape index (κ2) is 7.76. The van der Waals surface area contributed by atoms with E-state index in [1.165, 1.54) is 6.92 Å². The molecule has 0 fully saturated rings. The second-order valence-corrected chi connectivity index (χ2v) is 5.72. The average Bonchev–Trinajstić information content (AvgIpc) is 3.12. The van der Waals surface area contributed by atoms with Gasteiger partial charge in [0.2, 0.25) is 11.8 Å². The lowest BCUT2D eigenvalue weighted by atomic mass is 10.1. The van der Waals surface area contributed by atoms with E-state index >= 15 is 0 Å². The van der Waals surface area contributed by atoms with Crippen molar-refractivity contribution in [2.75, 3.05) is 0 Å². The fraction of sp³-hybridized carbons (Fsp3) is 0.500. The van der Waals surface area contributed by atoms with Gasteiger partial charge in [0.15, 0.2) is 0 Å². The molecule has 3 N–H and O–H groups in total. The Hall–Kier alpha value is -2.64. The molecule has 0 unspecified atom stereocenters. The first-order valence-corrected chi connectivity index (χ1v) is 7.97. The number of aromatic amines is 1. The van der Waals surface area contributed by atoms with E-state index in [1.54, 1.807) is 12.5 Å². The van der Waals surface area contributed by atoms with Crippen LogP contribution >= 0.6 is 0 Å². The minimum Gasteiger partial charge on any atom is -0.350 e. The van der Waals surface area contributed by atoms with Crippen molar-refractivity contribution in [2.45, 2.75) is 53.2 Å².